The smallest absolute Gasteiger partial charge is 0.314 e. The van der Waals surface area contributed by atoms with Crippen molar-refractivity contribution in [3.8, 4) is 11.5 Å². The van der Waals surface area contributed by atoms with Gasteiger partial charge < -0.3 is 9.47 Å². The molecule has 0 heterocycles. The number of ether oxygens (including phenoxy) is 2. The first-order valence-electron chi connectivity index (χ1n) is 4.62. The number of nitro benzene ring substituents is 1. The Bertz CT molecular complexity index is 395. The van der Waals surface area contributed by atoms with E-state index in [2.05, 4.69) is 15.9 Å². The van der Waals surface area contributed by atoms with Crippen molar-refractivity contribution in [3.63, 3.8) is 0 Å². The first-order chi connectivity index (χ1) is 7.60. The third-order valence-corrected chi connectivity index (χ3v) is 2.33. The summed E-state index contributed by atoms with van der Waals surface area (Å²) in [6.45, 7) is 2.19. The van der Waals surface area contributed by atoms with Crippen LogP contribution in [0.2, 0.25) is 0 Å². The molecular weight excluding hydrogens is 278 g/mol. The summed E-state index contributed by atoms with van der Waals surface area (Å²) < 4.78 is 10.3. The van der Waals surface area contributed by atoms with E-state index in [1.165, 1.54) is 13.2 Å². The lowest BCUT2D eigenvalue weighted by molar-refractivity contribution is -0.385. The van der Waals surface area contributed by atoms with Crippen LogP contribution >= 0.6 is 15.9 Å². The summed E-state index contributed by atoms with van der Waals surface area (Å²) in [6.07, 6.45) is 0. The molecule has 0 amide bonds. The topological polar surface area (TPSA) is 61.6 Å². The highest BCUT2D eigenvalue weighted by Gasteiger charge is 2.18. The summed E-state index contributed by atoms with van der Waals surface area (Å²) in [5.74, 6) is 0.751. The average Bonchev–Trinajstić information content (AvgIpc) is 2.25. The number of hydrogen-bond donors (Lipinski definition) is 0. The van der Waals surface area contributed by atoms with Crippen LogP contribution in [0.3, 0.4) is 0 Å². The van der Waals surface area contributed by atoms with Gasteiger partial charge in [-0.15, -0.1) is 0 Å². The molecular formula is C10H12BrNO4. The molecule has 0 aliphatic rings. The quantitative estimate of drug-likeness (QED) is 0.475. The van der Waals surface area contributed by atoms with Gasteiger partial charge in [0, 0.05) is 5.33 Å². The van der Waals surface area contributed by atoms with Gasteiger partial charge in [-0.05, 0) is 18.6 Å². The van der Waals surface area contributed by atoms with E-state index in [0.717, 1.165) is 5.56 Å². The molecule has 0 aromatic heterocycles. The number of benzene rings is 1. The van der Waals surface area contributed by atoms with E-state index in [9.17, 15) is 10.1 Å². The Morgan fingerprint density at radius 3 is 2.62 bits per heavy atom. The molecule has 0 N–H and O–H groups in total. The highest BCUT2D eigenvalue weighted by atomic mass is 79.9. The normalized spacial score (nSPS) is 9.94. The van der Waals surface area contributed by atoms with E-state index < -0.39 is 4.92 Å². The molecule has 0 saturated carbocycles. The second-order valence-corrected chi connectivity index (χ2v) is 3.88. The highest BCUT2D eigenvalue weighted by Crippen LogP contribution is 2.34. The first kappa shape index (κ1) is 12.8. The zero-order chi connectivity index (χ0) is 12.1. The van der Waals surface area contributed by atoms with Gasteiger partial charge in [-0.2, -0.15) is 0 Å². The van der Waals surface area contributed by atoms with Crippen LogP contribution < -0.4 is 9.47 Å². The Morgan fingerprint density at radius 2 is 2.12 bits per heavy atom. The molecule has 1 aromatic carbocycles. The standard InChI is InChI=1S/C10H12BrNO4/c1-7-5-10(16-4-3-11)8(12(13)14)6-9(7)15-2/h5-6H,3-4H2,1-2H3. The van der Waals surface area contributed by atoms with Gasteiger partial charge in [0.2, 0.25) is 0 Å². The zero-order valence-corrected chi connectivity index (χ0v) is 10.6. The van der Waals surface area contributed by atoms with Crippen LogP contribution in [0.25, 0.3) is 0 Å². The molecule has 0 unspecified atom stereocenters. The summed E-state index contributed by atoms with van der Waals surface area (Å²) in [7, 11) is 1.48. The average molecular weight is 290 g/mol. The Morgan fingerprint density at radius 1 is 1.44 bits per heavy atom. The van der Waals surface area contributed by atoms with Crippen LogP contribution in [-0.2, 0) is 0 Å². The first-order valence-corrected chi connectivity index (χ1v) is 5.74. The van der Waals surface area contributed by atoms with Crippen LogP contribution in [0.15, 0.2) is 12.1 Å². The van der Waals surface area contributed by atoms with Gasteiger partial charge in [0.1, 0.15) is 5.75 Å². The lowest BCUT2D eigenvalue weighted by Gasteiger charge is -2.09. The minimum atomic E-state index is -0.481. The van der Waals surface area contributed by atoms with Crippen molar-refractivity contribution in [2.45, 2.75) is 6.92 Å². The van der Waals surface area contributed by atoms with Crippen LogP contribution in [0.4, 0.5) is 5.69 Å². The number of methoxy groups -OCH3 is 1. The van der Waals surface area contributed by atoms with Crippen molar-refractivity contribution >= 4 is 21.6 Å². The van der Waals surface area contributed by atoms with E-state index in [0.29, 0.717) is 17.7 Å². The fraction of sp³-hybridized carbons (Fsp3) is 0.400. The molecule has 16 heavy (non-hydrogen) atoms. The van der Waals surface area contributed by atoms with E-state index in [1.54, 1.807) is 6.07 Å². The molecule has 1 aromatic rings. The van der Waals surface area contributed by atoms with E-state index in [4.69, 9.17) is 9.47 Å². The number of rotatable bonds is 5. The van der Waals surface area contributed by atoms with E-state index in [-0.39, 0.29) is 11.4 Å². The van der Waals surface area contributed by atoms with Gasteiger partial charge >= 0.3 is 5.69 Å². The molecule has 5 nitrogen and oxygen atoms in total. The molecule has 0 fully saturated rings. The summed E-state index contributed by atoms with van der Waals surface area (Å²) >= 11 is 3.20. The largest absolute Gasteiger partial charge is 0.496 e. The molecule has 0 radical (unpaired) electrons. The third kappa shape index (κ3) is 2.85. The SMILES string of the molecule is COc1cc([N+](=O)[O-])c(OCCBr)cc1C. The van der Waals surface area contributed by atoms with Gasteiger partial charge in [0.05, 0.1) is 24.7 Å². The molecule has 1 rings (SSSR count). The monoisotopic (exact) mass is 289 g/mol. The van der Waals surface area contributed by atoms with Crippen molar-refractivity contribution in [3.05, 3.63) is 27.8 Å². The molecule has 6 heteroatoms. The van der Waals surface area contributed by atoms with Crippen LogP contribution in [0.1, 0.15) is 5.56 Å². The number of halogens is 1. The Hall–Kier alpha value is -1.30. The van der Waals surface area contributed by atoms with Crippen molar-refractivity contribution in [1.82, 2.24) is 0 Å². The second-order valence-electron chi connectivity index (χ2n) is 3.08. The summed E-state index contributed by atoms with van der Waals surface area (Å²) in [4.78, 5) is 10.3. The highest BCUT2D eigenvalue weighted by molar-refractivity contribution is 9.09. The van der Waals surface area contributed by atoms with Gasteiger partial charge in [0.25, 0.3) is 0 Å². The van der Waals surface area contributed by atoms with Crippen molar-refractivity contribution in [2.75, 3.05) is 19.0 Å². The maximum Gasteiger partial charge on any atom is 0.314 e. The minimum absolute atomic E-state index is 0.0802. The van der Waals surface area contributed by atoms with Crippen LogP contribution in [-0.4, -0.2) is 24.0 Å². The maximum absolute atomic E-state index is 10.8. The number of alkyl halides is 1. The molecule has 0 bridgehead atoms. The molecule has 0 aliphatic carbocycles. The van der Waals surface area contributed by atoms with Crippen molar-refractivity contribution < 1.29 is 14.4 Å². The van der Waals surface area contributed by atoms with Crippen molar-refractivity contribution in [1.29, 1.82) is 0 Å². The fourth-order valence-corrected chi connectivity index (χ4v) is 1.44. The molecule has 0 saturated heterocycles. The van der Waals surface area contributed by atoms with Crippen LogP contribution in [0.5, 0.6) is 11.5 Å². The predicted octanol–water partition coefficient (Wildman–Crippen LogP) is 2.69. The molecule has 88 valence electrons. The lowest BCUT2D eigenvalue weighted by Crippen LogP contribution is -2.02. The predicted molar refractivity (Wildman–Crippen MR) is 63.7 cm³/mol. The van der Waals surface area contributed by atoms with Crippen molar-refractivity contribution in [2.24, 2.45) is 0 Å². The Labute approximate surface area is 102 Å². The van der Waals surface area contributed by atoms with Gasteiger partial charge in [-0.1, -0.05) is 15.9 Å². The Balaban J connectivity index is 3.14. The number of aryl methyl sites for hydroxylation is 1. The molecule has 0 aliphatic heterocycles. The molecule has 0 spiro atoms. The minimum Gasteiger partial charge on any atom is -0.496 e. The van der Waals surface area contributed by atoms with Gasteiger partial charge in [0.15, 0.2) is 5.75 Å². The fourth-order valence-electron chi connectivity index (χ4n) is 1.28. The number of hydrogen-bond acceptors (Lipinski definition) is 4. The van der Waals surface area contributed by atoms with E-state index >= 15 is 0 Å². The zero-order valence-electron chi connectivity index (χ0n) is 9.03. The maximum atomic E-state index is 10.8. The van der Waals surface area contributed by atoms with Crippen LogP contribution in [0, 0.1) is 17.0 Å². The second kappa shape index (κ2) is 5.69. The third-order valence-electron chi connectivity index (χ3n) is 2.01. The van der Waals surface area contributed by atoms with Gasteiger partial charge in [-0.3, -0.25) is 10.1 Å². The molecule has 0 atom stereocenters. The van der Waals surface area contributed by atoms with Gasteiger partial charge in [-0.25, -0.2) is 0 Å². The summed E-state index contributed by atoms with van der Waals surface area (Å²) in [5, 5.41) is 11.4. The summed E-state index contributed by atoms with van der Waals surface area (Å²) in [5.41, 5.74) is 0.723. The number of nitrogens with zero attached hydrogens (tertiary/aromatic N) is 1. The number of nitro groups is 1. The summed E-state index contributed by atoms with van der Waals surface area (Å²) in [6, 6.07) is 2.98. The van der Waals surface area contributed by atoms with E-state index in [1.807, 2.05) is 6.92 Å². The Kier molecular flexibility index (Phi) is 4.54. The lowest BCUT2D eigenvalue weighted by atomic mass is 10.2.